The molecule has 5 nitrogen and oxygen atoms in total. The number of thiophene rings is 1. The molecule has 0 radical (unpaired) electrons. The quantitative estimate of drug-likeness (QED) is 0.673. The largest absolute Gasteiger partial charge is 0.333 e. The average Bonchev–Trinajstić information content (AvgIpc) is 3.16. The van der Waals surface area contributed by atoms with Crippen molar-refractivity contribution < 1.29 is 9.32 Å². The lowest BCUT2D eigenvalue weighted by Crippen LogP contribution is -2.12. The van der Waals surface area contributed by atoms with Gasteiger partial charge in [0, 0.05) is 10.8 Å². The van der Waals surface area contributed by atoms with Gasteiger partial charge < -0.3 is 9.84 Å². The first-order valence-corrected chi connectivity index (χ1v) is 9.72. The van der Waals surface area contributed by atoms with E-state index in [1.165, 1.54) is 11.3 Å². The van der Waals surface area contributed by atoms with Gasteiger partial charge in [-0.15, -0.1) is 23.1 Å². The number of rotatable bonds is 5. The van der Waals surface area contributed by atoms with Crippen LogP contribution in [-0.2, 0) is 0 Å². The molecule has 2 heterocycles. The van der Waals surface area contributed by atoms with Crippen LogP contribution >= 0.6 is 23.1 Å². The van der Waals surface area contributed by atoms with Crippen molar-refractivity contribution in [2.45, 2.75) is 23.7 Å². The lowest BCUT2D eigenvalue weighted by atomic mass is 10.2. The van der Waals surface area contributed by atoms with Gasteiger partial charge in [0.05, 0.1) is 11.3 Å². The smallest absolute Gasteiger partial charge is 0.270 e. The molecule has 24 heavy (non-hydrogen) atoms. The third-order valence-corrected chi connectivity index (χ3v) is 5.54. The number of benzene rings is 1. The predicted octanol–water partition coefficient (Wildman–Crippen LogP) is 4.65. The van der Waals surface area contributed by atoms with Crippen LogP contribution < -0.4 is 5.32 Å². The van der Waals surface area contributed by atoms with E-state index in [2.05, 4.69) is 15.5 Å². The molecule has 0 atom stereocenters. The lowest BCUT2D eigenvalue weighted by Gasteiger charge is -2.08. The van der Waals surface area contributed by atoms with Crippen molar-refractivity contribution in [3.05, 3.63) is 47.1 Å². The number of nitrogens with one attached hydrogen (secondary N) is 1. The number of hydrogen-bond acceptors (Lipinski definition) is 6. The Balaban J connectivity index is 1.59. The summed E-state index contributed by atoms with van der Waals surface area (Å²) in [4.78, 5) is 18.8. The number of carbonyl (C=O) groups is 1. The Bertz CT molecular complexity index is 883. The zero-order valence-corrected chi connectivity index (χ0v) is 14.6. The van der Waals surface area contributed by atoms with Crippen LogP contribution in [0.4, 0.5) is 5.69 Å². The van der Waals surface area contributed by atoms with Crippen LogP contribution in [0.15, 0.2) is 45.1 Å². The highest BCUT2D eigenvalue weighted by atomic mass is 32.2. The zero-order chi connectivity index (χ0) is 16.5. The van der Waals surface area contributed by atoms with Crippen molar-refractivity contribution in [2.75, 3.05) is 11.6 Å². The summed E-state index contributed by atoms with van der Waals surface area (Å²) in [5.41, 5.74) is 1.36. The van der Waals surface area contributed by atoms with E-state index in [-0.39, 0.29) is 5.91 Å². The van der Waals surface area contributed by atoms with Gasteiger partial charge >= 0.3 is 0 Å². The molecule has 3 aromatic rings. The Hall–Kier alpha value is -2.12. The van der Waals surface area contributed by atoms with Crippen LogP contribution in [0.5, 0.6) is 0 Å². The molecule has 4 rings (SSSR count). The number of nitrogens with zero attached hydrogens (tertiary/aromatic N) is 2. The summed E-state index contributed by atoms with van der Waals surface area (Å²) in [6, 6.07) is 9.42. The van der Waals surface area contributed by atoms with E-state index in [1.807, 2.05) is 42.0 Å². The molecule has 0 aliphatic heterocycles. The third kappa shape index (κ3) is 2.97. The number of carbonyl (C=O) groups excluding carboxylic acids is 1. The molecule has 0 unspecified atom stereocenters. The monoisotopic (exact) mass is 357 g/mol. The van der Waals surface area contributed by atoms with Gasteiger partial charge in [-0.2, -0.15) is 4.98 Å². The minimum Gasteiger partial charge on any atom is -0.333 e. The molecule has 7 heteroatoms. The van der Waals surface area contributed by atoms with E-state index in [0.29, 0.717) is 23.1 Å². The minimum atomic E-state index is -0.137. The zero-order valence-electron chi connectivity index (χ0n) is 13.0. The van der Waals surface area contributed by atoms with E-state index in [4.69, 9.17) is 4.52 Å². The van der Waals surface area contributed by atoms with Gasteiger partial charge in [0.25, 0.3) is 11.8 Å². The summed E-state index contributed by atoms with van der Waals surface area (Å²) in [6.45, 7) is 0. The average molecular weight is 357 g/mol. The molecule has 1 aromatic carbocycles. The Morgan fingerprint density at radius 1 is 1.33 bits per heavy atom. The van der Waals surface area contributed by atoms with Crippen molar-refractivity contribution in [3.63, 3.8) is 0 Å². The Kier molecular flexibility index (Phi) is 4.12. The van der Waals surface area contributed by atoms with Gasteiger partial charge in [-0.3, -0.25) is 4.79 Å². The SMILES string of the molecule is CSc1ccccc1C(=O)Nc1ccsc1-c1nc(C2CC2)no1. The second-order valence-corrected chi connectivity index (χ2v) is 7.31. The van der Waals surface area contributed by atoms with Crippen molar-refractivity contribution in [1.29, 1.82) is 0 Å². The molecule has 0 saturated heterocycles. The number of anilines is 1. The number of aromatic nitrogens is 2. The number of amides is 1. The van der Waals surface area contributed by atoms with Crippen LogP contribution in [-0.4, -0.2) is 22.3 Å². The summed E-state index contributed by atoms with van der Waals surface area (Å²) >= 11 is 3.03. The third-order valence-electron chi connectivity index (χ3n) is 3.84. The van der Waals surface area contributed by atoms with Gasteiger partial charge in [-0.05, 0) is 42.7 Å². The van der Waals surface area contributed by atoms with Crippen LogP contribution in [0, 0.1) is 0 Å². The molecule has 1 aliphatic carbocycles. The minimum absolute atomic E-state index is 0.137. The summed E-state index contributed by atoms with van der Waals surface area (Å²) in [5.74, 6) is 1.54. The first kappa shape index (κ1) is 15.4. The van der Waals surface area contributed by atoms with E-state index >= 15 is 0 Å². The molecular weight excluding hydrogens is 342 g/mol. The first-order chi connectivity index (χ1) is 11.8. The molecule has 2 aromatic heterocycles. The van der Waals surface area contributed by atoms with Crippen molar-refractivity contribution in [3.8, 4) is 10.8 Å². The normalized spacial score (nSPS) is 13.9. The van der Waals surface area contributed by atoms with Crippen molar-refractivity contribution >= 4 is 34.7 Å². The van der Waals surface area contributed by atoms with Gasteiger partial charge in [0.1, 0.15) is 4.88 Å². The predicted molar refractivity (Wildman–Crippen MR) is 95.8 cm³/mol. The standard InChI is InChI=1S/C17H15N3O2S2/c1-23-13-5-3-2-4-11(13)16(21)18-12-8-9-24-14(12)17-19-15(20-22-17)10-6-7-10/h2-5,8-10H,6-7H2,1H3,(H,18,21). The molecule has 1 aliphatic rings. The second kappa shape index (κ2) is 6.41. The topological polar surface area (TPSA) is 68.0 Å². The van der Waals surface area contributed by atoms with Gasteiger partial charge in [-0.1, -0.05) is 17.3 Å². The highest BCUT2D eigenvalue weighted by Crippen LogP contribution is 2.40. The fourth-order valence-electron chi connectivity index (χ4n) is 2.43. The van der Waals surface area contributed by atoms with Crippen LogP contribution in [0.25, 0.3) is 10.8 Å². The fraction of sp³-hybridized carbons (Fsp3) is 0.235. The first-order valence-electron chi connectivity index (χ1n) is 7.62. The summed E-state index contributed by atoms with van der Waals surface area (Å²) in [6.07, 6.45) is 4.21. The Morgan fingerprint density at radius 3 is 2.96 bits per heavy atom. The Labute approximate surface area is 147 Å². The molecule has 0 bridgehead atoms. The van der Waals surface area contributed by atoms with Crippen LogP contribution in [0.2, 0.25) is 0 Å². The number of thioether (sulfide) groups is 1. The van der Waals surface area contributed by atoms with Gasteiger partial charge in [0.15, 0.2) is 5.82 Å². The van der Waals surface area contributed by atoms with Gasteiger partial charge in [-0.25, -0.2) is 0 Å². The molecule has 122 valence electrons. The van der Waals surface area contributed by atoms with E-state index in [0.717, 1.165) is 28.4 Å². The maximum absolute atomic E-state index is 12.6. The molecule has 1 fully saturated rings. The molecular formula is C17H15N3O2S2. The highest BCUT2D eigenvalue weighted by molar-refractivity contribution is 7.98. The fourth-order valence-corrected chi connectivity index (χ4v) is 3.79. The summed E-state index contributed by atoms with van der Waals surface area (Å²) in [7, 11) is 0. The maximum atomic E-state index is 12.6. The van der Waals surface area contributed by atoms with E-state index in [1.54, 1.807) is 11.8 Å². The highest BCUT2D eigenvalue weighted by Gasteiger charge is 2.29. The molecule has 1 amide bonds. The van der Waals surface area contributed by atoms with Crippen molar-refractivity contribution in [2.24, 2.45) is 0 Å². The molecule has 1 N–H and O–H groups in total. The van der Waals surface area contributed by atoms with E-state index < -0.39 is 0 Å². The maximum Gasteiger partial charge on any atom is 0.270 e. The number of hydrogen-bond donors (Lipinski definition) is 1. The van der Waals surface area contributed by atoms with Crippen LogP contribution in [0.1, 0.15) is 34.9 Å². The summed E-state index contributed by atoms with van der Waals surface area (Å²) in [5, 5.41) is 8.92. The second-order valence-electron chi connectivity index (χ2n) is 5.55. The van der Waals surface area contributed by atoms with Crippen LogP contribution in [0.3, 0.4) is 0 Å². The summed E-state index contributed by atoms with van der Waals surface area (Å²) < 4.78 is 5.38. The van der Waals surface area contributed by atoms with Gasteiger partial charge in [0.2, 0.25) is 0 Å². The van der Waals surface area contributed by atoms with E-state index in [9.17, 15) is 4.79 Å². The molecule has 1 saturated carbocycles. The van der Waals surface area contributed by atoms with Crippen molar-refractivity contribution in [1.82, 2.24) is 10.1 Å². The lowest BCUT2D eigenvalue weighted by molar-refractivity contribution is 0.102. The Morgan fingerprint density at radius 2 is 2.17 bits per heavy atom. The molecule has 0 spiro atoms.